The number of amides is 2. The van der Waals surface area contributed by atoms with E-state index in [0.717, 1.165) is 5.56 Å². The van der Waals surface area contributed by atoms with Crippen molar-refractivity contribution in [3.8, 4) is 0 Å². The molecule has 0 bridgehead atoms. The molecule has 1 aliphatic rings. The van der Waals surface area contributed by atoms with Gasteiger partial charge < -0.3 is 10.6 Å². The molecule has 3 N–H and O–H groups in total. The molecule has 108 valence electrons. The third-order valence-electron chi connectivity index (χ3n) is 3.12. The molecule has 1 aliphatic heterocycles. The first-order valence-corrected chi connectivity index (χ1v) is 6.98. The summed E-state index contributed by atoms with van der Waals surface area (Å²) >= 11 is 11.9. The Bertz CT molecular complexity index is 526. The number of carbonyl (C=O) groups excluding carboxylic acids is 2. The molecule has 20 heavy (non-hydrogen) atoms. The van der Waals surface area contributed by atoms with Gasteiger partial charge in [0, 0.05) is 16.6 Å². The van der Waals surface area contributed by atoms with Crippen molar-refractivity contribution in [1.29, 1.82) is 0 Å². The fraction of sp³-hybridized carbons (Fsp3) is 0.385. The van der Waals surface area contributed by atoms with Gasteiger partial charge in [0.1, 0.15) is 6.04 Å². The monoisotopic (exact) mass is 315 g/mol. The summed E-state index contributed by atoms with van der Waals surface area (Å²) < 4.78 is 0. The zero-order valence-corrected chi connectivity index (χ0v) is 12.4. The Morgan fingerprint density at radius 1 is 1.45 bits per heavy atom. The van der Waals surface area contributed by atoms with Crippen molar-refractivity contribution < 1.29 is 9.59 Å². The Kier molecular flexibility index (Phi) is 4.86. The SMILES string of the molecule is CC(NC(=O)C1CNC(=O)CN1)c1ccc(Cl)cc1Cl. The van der Waals surface area contributed by atoms with Crippen LogP contribution in [-0.2, 0) is 9.59 Å². The summed E-state index contributed by atoms with van der Waals surface area (Å²) in [7, 11) is 0. The highest BCUT2D eigenvalue weighted by molar-refractivity contribution is 6.35. The molecule has 1 aromatic carbocycles. The lowest BCUT2D eigenvalue weighted by molar-refractivity contribution is -0.127. The summed E-state index contributed by atoms with van der Waals surface area (Å²) in [5.41, 5.74) is 0.796. The van der Waals surface area contributed by atoms with E-state index in [-0.39, 0.29) is 30.9 Å². The first-order chi connectivity index (χ1) is 9.47. The standard InChI is InChI=1S/C13H15Cl2N3O2/c1-7(9-3-2-8(14)4-10(9)15)18-13(20)11-5-17-12(19)6-16-11/h2-4,7,11,16H,5-6H2,1H3,(H,17,19)(H,18,20). The quantitative estimate of drug-likeness (QED) is 0.786. The van der Waals surface area contributed by atoms with Crippen LogP contribution in [0.1, 0.15) is 18.5 Å². The fourth-order valence-corrected chi connectivity index (χ4v) is 2.57. The Balaban J connectivity index is 1.98. The molecule has 1 aromatic rings. The maximum absolute atomic E-state index is 12.1. The van der Waals surface area contributed by atoms with Crippen LogP contribution in [0.5, 0.6) is 0 Å². The Morgan fingerprint density at radius 2 is 2.20 bits per heavy atom. The molecule has 7 heteroatoms. The lowest BCUT2D eigenvalue weighted by Crippen LogP contribution is -2.58. The molecule has 0 saturated carbocycles. The number of benzene rings is 1. The van der Waals surface area contributed by atoms with Crippen molar-refractivity contribution >= 4 is 35.0 Å². The minimum Gasteiger partial charge on any atom is -0.353 e. The molecule has 1 fully saturated rings. The van der Waals surface area contributed by atoms with Crippen LogP contribution in [0.3, 0.4) is 0 Å². The summed E-state index contributed by atoms with van der Waals surface area (Å²) in [5.74, 6) is -0.286. The van der Waals surface area contributed by atoms with Crippen LogP contribution < -0.4 is 16.0 Å². The molecule has 5 nitrogen and oxygen atoms in total. The van der Waals surface area contributed by atoms with E-state index in [9.17, 15) is 9.59 Å². The summed E-state index contributed by atoms with van der Waals surface area (Å²) in [5, 5.41) is 9.43. The van der Waals surface area contributed by atoms with Gasteiger partial charge in [-0.15, -0.1) is 0 Å². The molecule has 2 unspecified atom stereocenters. The van der Waals surface area contributed by atoms with Crippen molar-refractivity contribution in [2.24, 2.45) is 0 Å². The van der Waals surface area contributed by atoms with Gasteiger partial charge in [-0.2, -0.15) is 0 Å². The average Bonchev–Trinajstić information content (AvgIpc) is 2.39. The highest BCUT2D eigenvalue weighted by atomic mass is 35.5. The lowest BCUT2D eigenvalue weighted by Gasteiger charge is -2.25. The van der Waals surface area contributed by atoms with Crippen molar-refractivity contribution in [2.45, 2.75) is 19.0 Å². The molecule has 2 amide bonds. The van der Waals surface area contributed by atoms with Gasteiger partial charge in [0.25, 0.3) is 0 Å². The number of nitrogens with one attached hydrogen (secondary N) is 3. The Morgan fingerprint density at radius 3 is 2.80 bits per heavy atom. The van der Waals surface area contributed by atoms with Crippen LogP contribution >= 0.6 is 23.2 Å². The molecule has 0 aromatic heterocycles. The first kappa shape index (κ1) is 15.1. The normalized spacial score (nSPS) is 20.1. The summed E-state index contributed by atoms with van der Waals surface area (Å²) in [6.07, 6.45) is 0. The van der Waals surface area contributed by atoms with Crippen molar-refractivity contribution in [3.05, 3.63) is 33.8 Å². The Hall–Kier alpha value is -1.30. The van der Waals surface area contributed by atoms with Crippen LogP contribution in [0.4, 0.5) is 0 Å². The van der Waals surface area contributed by atoms with Gasteiger partial charge >= 0.3 is 0 Å². The second kappa shape index (κ2) is 6.43. The molecule has 0 aliphatic carbocycles. The van der Waals surface area contributed by atoms with Gasteiger partial charge in [-0.3, -0.25) is 14.9 Å². The largest absolute Gasteiger partial charge is 0.353 e. The number of hydrogen-bond donors (Lipinski definition) is 3. The number of rotatable bonds is 3. The van der Waals surface area contributed by atoms with Gasteiger partial charge in [-0.1, -0.05) is 29.3 Å². The predicted octanol–water partition coefficient (Wildman–Crippen LogP) is 1.26. The smallest absolute Gasteiger partial charge is 0.239 e. The zero-order chi connectivity index (χ0) is 14.7. The van der Waals surface area contributed by atoms with Gasteiger partial charge in [-0.05, 0) is 24.6 Å². The van der Waals surface area contributed by atoms with Crippen LogP contribution in [-0.4, -0.2) is 30.9 Å². The summed E-state index contributed by atoms with van der Waals surface area (Å²) in [6, 6.07) is 4.48. The second-order valence-corrected chi connectivity index (χ2v) is 5.48. The molecular weight excluding hydrogens is 301 g/mol. The van der Waals surface area contributed by atoms with E-state index in [4.69, 9.17) is 23.2 Å². The van der Waals surface area contributed by atoms with E-state index in [1.54, 1.807) is 18.2 Å². The molecular formula is C13H15Cl2N3O2. The minimum atomic E-state index is -0.429. The molecule has 0 spiro atoms. The Labute approximate surface area is 127 Å². The maximum atomic E-state index is 12.1. The zero-order valence-electron chi connectivity index (χ0n) is 10.9. The van der Waals surface area contributed by atoms with E-state index >= 15 is 0 Å². The number of carbonyl (C=O) groups is 2. The summed E-state index contributed by atoms with van der Waals surface area (Å²) in [6.45, 7) is 2.27. The summed E-state index contributed by atoms with van der Waals surface area (Å²) in [4.78, 5) is 23.1. The van der Waals surface area contributed by atoms with E-state index in [1.807, 2.05) is 6.92 Å². The molecule has 2 rings (SSSR count). The number of halogens is 2. The minimum absolute atomic E-state index is 0.108. The van der Waals surface area contributed by atoms with E-state index in [0.29, 0.717) is 10.0 Å². The third-order valence-corrected chi connectivity index (χ3v) is 3.68. The predicted molar refractivity (Wildman–Crippen MR) is 77.8 cm³/mol. The highest BCUT2D eigenvalue weighted by Crippen LogP contribution is 2.26. The third kappa shape index (κ3) is 3.62. The van der Waals surface area contributed by atoms with E-state index in [2.05, 4.69) is 16.0 Å². The molecule has 1 saturated heterocycles. The van der Waals surface area contributed by atoms with Crippen molar-refractivity contribution in [3.63, 3.8) is 0 Å². The molecule has 1 heterocycles. The van der Waals surface area contributed by atoms with Gasteiger partial charge in [-0.25, -0.2) is 0 Å². The second-order valence-electron chi connectivity index (χ2n) is 4.63. The van der Waals surface area contributed by atoms with Crippen LogP contribution in [0, 0.1) is 0 Å². The van der Waals surface area contributed by atoms with E-state index in [1.165, 1.54) is 0 Å². The topological polar surface area (TPSA) is 70.2 Å². The maximum Gasteiger partial charge on any atom is 0.239 e. The van der Waals surface area contributed by atoms with Crippen LogP contribution in [0.15, 0.2) is 18.2 Å². The van der Waals surface area contributed by atoms with Crippen LogP contribution in [0.25, 0.3) is 0 Å². The van der Waals surface area contributed by atoms with Crippen molar-refractivity contribution in [2.75, 3.05) is 13.1 Å². The number of piperazine rings is 1. The fourth-order valence-electron chi connectivity index (χ4n) is 2.00. The van der Waals surface area contributed by atoms with Gasteiger partial charge in [0.2, 0.25) is 11.8 Å². The van der Waals surface area contributed by atoms with Crippen molar-refractivity contribution in [1.82, 2.24) is 16.0 Å². The van der Waals surface area contributed by atoms with Crippen LogP contribution in [0.2, 0.25) is 10.0 Å². The van der Waals surface area contributed by atoms with Gasteiger partial charge in [0.05, 0.1) is 12.6 Å². The van der Waals surface area contributed by atoms with E-state index < -0.39 is 6.04 Å². The van der Waals surface area contributed by atoms with Gasteiger partial charge in [0.15, 0.2) is 0 Å². The highest BCUT2D eigenvalue weighted by Gasteiger charge is 2.25. The average molecular weight is 316 g/mol. The molecule has 2 atom stereocenters. The first-order valence-electron chi connectivity index (χ1n) is 6.23. The lowest BCUT2D eigenvalue weighted by atomic mass is 10.1. The molecule has 0 radical (unpaired) electrons. The number of hydrogen-bond acceptors (Lipinski definition) is 3.